The van der Waals surface area contributed by atoms with Crippen molar-refractivity contribution in [1.82, 2.24) is 5.32 Å². The molecule has 21 heavy (non-hydrogen) atoms. The molecule has 1 amide bonds. The van der Waals surface area contributed by atoms with Gasteiger partial charge in [-0.15, -0.1) is 0 Å². The van der Waals surface area contributed by atoms with E-state index in [1.807, 2.05) is 5.32 Å². The Labute approximate surface area is 118 Å². The number of amides is 1. The summed E-state index contributed by atoms with van der Waals surface area (Å²) in [6, 6.07) is 7.39. The molecule has 0 aliphatic carbocycles. The number of halogens is 3. The zero-order chi connectivity index (χ0) is 16.5. The Balaban J connectivity index is 3.17. The van der Waals surface area contributed by atoms with Gasteiger partial charge in [-0.3, -0.25) is 4.79 Å². The summed E-state index contributed by atoms with van der Waals surface area (Å²) in [5.74, 6) is -3.12. The van der Waals surface area contributed by atoms with Gasteiger partial charge < -0.3 is 16.2 Å². The summed E-state index contributed by atoms with van der Waals surface area (Å²) in [6.45, 7) is 1.57. The van der Waals surface area contributed by atoms with Crippen LogP contribution in [0.4, 0.5) is 13.2 Å². The summed E-state index contributed by atoms with van der Waals surface area (Å²) < 4.78 is 38.2. The summed E-state index contributed by atoms with van der Waals surface area (Å²) in [5.41, 5.74) is -0.0982. The zero-order valence-electron chi connectivity index (χ0n) is 11.4. The van der Waals surface area contributed by atoms with E-state index in [0.717, 1.165) is 6.92 Å². The van der Waals surface area contributed by atoms with Crippen molar-refractivity contribution in [1.29, 1.82) is 0 Å². The molecule has 2 atom stereocenters. The molecule has 0 saturated carbocycles. The number of aliphatic carboxylic acids is 1. The number of hydrogen-bond acceptors (Lipinski definition) is 3. The largest absolute Gasteiger partial charge is 0.479 e. The lowest BCUT2D eigenvalue weighted by molar-refractivity contribution is -0.189. The van der Waals surface area contributed by atoms with E-state index in [1.54, 1.807) is 6.07 Å². The number of carboxylic acids is 1. The standard InChI is InChI=1S/C13H15F3N2O3/c1-11(10(20)21,8-6-4-3-5-7-8)18-9(19)12(2,17)13(14,15)16/h3-7H,17H2,1-2H3,(H,18,19)(H,20,21). The molecule has 0 fully saturated rings. The van der Waals surface area contributed by atoms with Gasteiger partial charge in [-0.05, 0) is 19.4 Å². The van der Waals surface area contributed by atoms with Gasteiger partial charge in [0.2, 0.25) is 5.91 Å². The fraction of sp³-hybridized carbons (Fsp3) is 0.385. The highest BCUT2D eigenvalue weighted by atomic mass is 19.4. The maximum absolute atomic E-state index is 12.7. The molecule has 0 aliphatic heterocycles. The van der Waals surface area contributed by atoms with Gasteiger partial charge in [0.05, 0.1) is 0 Å². The Bertz CT molecular complexity index is 543. The van der Waals surface area contributed by atoms with Crippen LogP contribution in [0.2, 0.25) is 0 Å². The molecule has 8 heteroatoms. The lowest BCUT2D eigenvalue weighted by Crippen LogP contribution is -2.65. The zero-order valence-corrected chi connectivity index (χ0v) is 11.4. The van der Waals surface area contributed by atoms with Gasteiger partial charge in [-0.1, -0.05) is 30.3 Å². The minimum Gasteiger partial charge on any atom is -0.479 e. The smallest absolute Gasteiger partial charge is 0.415 e. The SMILES string of the molecule is CC(NC(=O)C(C)(N)C(F)(F)F)(C(=O)O)c1ccccc1. The quantitative estimate of drug-likeness (QED) is 0.783. The number of nitrogens with one attached hydrogen (secondary N) is 1. The van der Waals surface area contributed by atoms with Gasteiger partial charge in [0, 0.05) is 0 Å². The van der Waals surface area contributed by atoms with E-state index in [2.05, 4.69) is 0 Å². The molecule has 4 N–H and O–H groups in total. The highest BCUT2D eigenvalue weighted by molar-refractivity contribution is 5.92. The van der Waals surface area contributed by atoms with Crippen LogP contribution in [-0.2, 0) is 15.1 Å². The van der Waals surface area contributed by atoms with Crippen molar-refractivity contribution in [3.8, 4) is 0 Å². The van der Waals surface area contributed by atoms with Crippen molar-refractivity contribution in [2.24, 2.45) is 5.73 Å². The molecule has 0 radical (unpaired) electrons. The number of carboxylic acid groups (broad SMARTS) is 1. The number of hydrogen-bond donors (Lipinski definition) is 3. The average Bonchev–Trinajstić information content (AvgIpc) is 2.37. The molecule has 1 rings (SSSR count). The van der Waals surface area contributed by atoms with Crippen LogP contribution in [-0.4, -0.2) is 28.7 Å². The third kappa shape index (κ3) is 3.15. The van der Waals surface area contributed by atoms with Gasteiger partial charge in [0.25, 0.3) is 0 Å². The molecule has 5 nitrogen and oxygen atoms in total. The van der Waals surface area contributed by atoms with Crippen molar-refractivity contribution in [2.45, 2.75) is 31.1 Å². The van der Waals surface area contributed by atoms with Crippen LogP contribution in [0.25, 0.3) is 0 Å². The Hall–Kier alpha value is -2.09. The topological polar surface area (TPSA) is 92.4 Å². The summed E-state index contributed by atoms with van der Waals surface area (Å²) in [7, 11) is 0. The van der Waals surface area contributed by atoms with E-state index < -0.39 is 29.1 Å². The molecule has 0 aromatic heterocycles. The summed E-state index contributed by atoms with van der Waals surface area (Å²) in [4.78, 5) is 23.2. The Morgan fingerprint density at radius 2 is 1.62 bits per heavy atom. The fourth-order valence-electron chi connectivity index (χ4n) is 1.51. The number of benzene rings is 1. The summed E-state index contributed by atoms with van der Waals surface area (Å²) in [6.07, 6.45) is -5.01. The first kappa shape index (κ1) is 17.0. The molecule has 0 spiro atoms. The first-order chi connectivity index (χ1) is 9.43. The molecular weight excluding hydrogens is 289 g/mol. The minimum absolute atomic E-state index is 0.129. The average molecular weight is 304 g/mol. The monoisotopic (exact) mass is 304 g/mol. The first-order valence-corrected chi connectivity index (χ1v) is 5.90. The van der Waals surface area contributed by atoms with Gasteiger partial charge in [0.15, 0.2) is 11.1 Å². The number of carbonyl (C=O) groups excluding carboxylic acids is 1. The van der Waals surface area contributed by atoms with Crippen molar-refractivity contribution in [2.75, 3.05) is 0 Å². The van der Waals surface area contributed by atoms with Crippen LogP contribution in [0.3, 0.4) is 0 Å². The number of alkyl halides is 3. The van der Waals surface area contributed by atoms with Gasteiger partial charge in [0.1, 0.15) is 0 Å². The van der Waals surface area contributed by atoms with Crippen LogP contribution in [0, 0.1) is 0 Å². The molecule has 2 unspecified atom stereocenters. The molecular formula is C13H15F3N2O3. The second-order valence-electron chi connectivity index (χ2n) is 4.95. The van der Waals surface area contributed by atoms with Crippen molar-refractivity contribution >= 4 is 11.9 Å². The third-order valence-electron chi connectivity index (χ3n) is 3.20. The lowest BCUT2D eigenvalue weighted by atomic mass is 9.90. The van der Waals surface area contributed by atoms with Crippen LogP contribution in [0.5, 0.6) is 0 Å². The van der Waals surface area contributed by atoms with Crippen LogP contribution >= 0.6 is 0 Å². The molecule has 0 bridgehead atoms. The highest BCUT2D eigenvalue weighted by Gasteiger charge is 2.55. The molecule has 0 aliphatic rings. The number of nitrogens with two attached hydrogens (primary N) is 1. The number of carbonyl (C=O) groups is 2. The minimum atomic E-state index is -5.01. The molecule has 1 aromatic rings. The van der Waals surface area contributed by atoms with Crippen molar-refractivity contribution < 1.29 is 27.9 Å². The van der Waals surface area contributed by atoms with Crippen LogP contribution in [0.15, 0.2) is 30.3 Å². The molecule has 0 heterocycles. The molecule has 1 aromatic carbocycles. The fourth-order valence-corrected chi connectivity index (χ4v) is 1.51. The maximum atomic E-state index is 12.7. The normalized spacial score (nSPS) is 17.4. The number of rotatable bonds is 4. The third-order valence-corrected chi connectivity index (χ3v) is 3.20. The van der Waals surface area contributed by atoms with E-state index in [1.165, 1.54) is 24.3 Å². The van der Waals surface area contributed by atoms with E-state index in [0.29, 0.717) is 6.92 Å². The second kappa shape index (κ2) is 5.36. The maximum Gasteiger partial charge on any atom is 0.415 e. The van der Waals surface area contributed by atoms with Gasteiger partial charge in [-0.25, -0.2) is 4.79 Å². The predicted molar refractivity (Wildman–Crippen MR) is 68.2 cm³/mol. The van der Waals surface area contributed by atoms with E-state index >= 15 is 0 Å². The Morgan fingerprint density at radius 1 is 1.14 bits per heavy atom. The van der Waals surface area contributed by atoms with Crippen molar-refractivity contribution in [3.63, 3.8) is 0 Å². The van der Waals surface area contributed by atoms with E-state index in [4.69, 9.17) is 5.73 Å². The molecule has 0 saturated heterocycles. The Morgan fingerprint density at radius 3 is 2.00 bits per heavy atom. The van der Waals surface area contributed by atoms with Crippen LogP contribution < -0.4 is 11.1 Å². The lowest BCUT2D eigenvalue weighted by Gasteiger charge is -2.32. The van der Waals surface area contributed by atoms with Crippen molar-refractivity contribution in [3.05, 3.63) is 35.9 Å². The predicted octanol–water partition coefficient (Wildman–Crippen LogP) is 1.38. The summed E-state index contributed by atoms with van der Waals surface area (Å²) >= 11 is 0. The Kier molecular flexibility index (Phi) is 4.33. The molecule has 116 valence electrons. The van der Waals surface area contributed by atoms with Gasteiger partial charge in [-0.2, -0.15) is 13.2 Å². The van der Waals surface area contributed by atoms with Gasteiger partial charge >= 0.3 is 12.1 Å². The van der Waals surface area contributed by atoms with E-state index in [9.17, 15) is 27.9 Å². The first-order valence-electron chi connectivity index (χ1n) is 5.90. The highest BCUT2D eigenvalue weighted by Crippen LogP contribution is 2.30. The van der Waals surface area contributed by atoms with Crippen LogP contribution in [0.1, 0.15) is 19.4 Å². The second-order valence-corrected chi connectivity index (χ2v) is 4.95. The summed E-state index contributed by atoms with van der Waals surface area (Å²) in [5, 5.41) is 11.1. The van der Waals surface area contributed by atoms with E-state index in [-0.39, 0.29) is 5.56 Å².